The first-order valence-corrected chi connectivity index (χ1v) is 21.8. The zero-order valence-corrected chi connectivity index (χ0v) is 35.0. The van der Waals surface area contributed by atoms with Gasteiger partial charge in [-0.15, -0.1) is 0 Å². The smallest absolute Gasteiger partial charge is 0.220 e. The Morgan fingerprint density at radius 3 is 1.20 bits per heavy atom. The molecule has 0 atom stereocenters. The number of aromatic nitrogens is 2. The lowest BCUT2D eigenvalue weighted by molar-refractivity contribution is -0.883. The van der Waals surface area contributed by atoms with E-state index in [9.17, 15) is 0 Å². The fraction of sp³-hybridized carbons (Fsp3) is 0.255. The van der Waals surface area contributed by atoms with Crippen LogP contribution in [0.3, 0.4) is 0 Å². The first kappa shape index (κ1) is 40.5. The third-order valence-electron chi connectivity index (χ3n) is 12.0. The number of aryl methyl sites for hydroxylation is 2. The van der Waals surface area contributed by atoms with E-state index < -0.39 is 0 Å². The number of nitrogens with one attached hydrogen (secondary N) is 1. The Kier molecular flexibility index (Phi) is 12.7. The molecule has 0 saturated heterocycles. The van der Waals surface area contributed by atoms with Crippen LogP contribution in [0.25, 0.3) is 65.9 Å². The lowest BCUT2D eigenvalue weighted by Crippen LogP contribution is -3.09. The van der Waals surface area contributed by atoms with E-state index in [4.69, 9.17) is 22.9 Å². The molecule has 8 rings (SSSR count). The summed E-state index contributed by atoms with van der Waals surface area (Å²) >= 11 is 0. The Balaban J connectivity index is 0.803. The number of pyridine rings is 2. The normalized spacial score (nSPS) is 11.8. The number of hydrogen-bond acceptors (Lipinski definition) is 4. The van der Waals surface area contributed by atoms with E-state index in [0.717, 1.165) is 74.9 Å². The SMILES string of the molecule is C[NH+](CCC[NH2+]CCC[n+]1c(-c2ccccc2)c2cc(N)ccc2c2ccc(N)cc21)CCC[NH2+]CCC[n+]1c(-c2ccccc2)c2cc(N)ccc2c2ccc(N)cc21. The predicted molar refractivity (Wildman–Crippen MR) is 250 cm³/mol. The van der Waals surface area contributed by atoms with Crippen molar-refractivity contribution in [1.82, 2.24) is 0 Å². The van der Waals surface area contributed by atoms with Gasteiger partial charge in [0.1, 0.15) is 0 Å². The Morgan fingerprint density at radius 2 is 0.783 bits per heavy atom. The third kappa shape index (κ3) is 8.99. The van der Waals surface area contributed by atoms with Crippen molar-refractivity contribution in [3.8, 4) is 22.5 Å². The van der Waals surface area contributed by atoms with Crippen molar-refractivity contribution in [3.63, 3.8) is 0 Å². The molecule has 0 radical (unpaired) electrons. The van der Waals surface area contributed by atoms with Gasteiger partial charge in [-0.1, -0.05) is 48.5 Å². The van der Waals surface area contributed by atoms with Crippen molar-refractivity contribution in [2.45, 2.75) is 38.8 Å². The molecule has 0 aliphatic carbocycles. The molecule has 2 heterocycles. The number of nitrogen functional groups attached to an aromatic ring is 4. The summed E-state index contributed by atoms with van der Waals surface area (Å²) in [6, 6.07) is 46.4. The minimum atomic E-state index is 0.775. The van der Waals surface area contributed by atoms with Gasteiger partial charge in [-0.2, -0.15) is 9.13 Å². The lowest BCUT2D eigenvalue weighted by atomic mass is 9.98. The quantitative estimate of drug-likeness (QED) is 0.0298. The number of hydrogen-bond donors (Lipinski definition) is 7. The summed E-state index contributed by atoms with van der Waals surface area (Å²) in [7, 11) is 2.34. The highest BCUT2D eigenvalue weighted by Gasteiger charge is 2.25. The van der Waals surface area contributed by atoms with Gasteiger partial charge >= 0.3 is 0 Å². The molecule has 0 saturated carbocycles. The number of rotatable bonds is 18. The van der Waals surface area contributed by atoms with Gasteiger partial charge in [0.25, 0.3) is 0 Å². The second-order valence-electron chi connectivity index (χ2n) is 16.5. The van der Waals surface area contributed by atoms with E-state index in [0.29, 0.717) is 0 Å². The van der Waals surface area contributed by atoms with Crippen molar-refractivity contribution >= 4 is 66.1 Å². The van der Waals surface area contributed by atoms with Crippen LogP contribution in [0, 0.1) is 0 Å². The van der Waals surface area contributed by atoms with Crippen LogP contribution in [0.4, 0.5) is 22.7 Å². The van der Waals surface area contributed by atoms with E-state index in [-0.39, 0.29) is 0 Å². The van der Waals surface area contributed by atoms with Crippen LogP contribution in [-0.2, 0) is 13.1 Å². The van der Waals surface area contributed by atoms with Crippen LogP contribution in [-0.4, -0.2) is 46.3 Å². The first-order valence-electron chi connectivity index (χ1n) is 21.8. The van der Waals surface area contributed by atoms with Crippen LogP contribution in [0.15, 0.2) is 133 Å². The second-order valence-corrected chi connectivity index (χ2v) is 16.5. The minimum absolute atomic E-state index is 0.775. The predicted octanol–water partition coefficient (Wildman–Crippen LogP) is 4.44. The molecule has 0 fully saturated rings. The van der Waals surface area contributed by atoms with E-state index in [1.54, 1.807) is 4.90 Å². The maximum absolute atomic E-state index is 6.37. The molecule has 13 N–H and O–H groups in total. The zero-order chi connectivity index (χ0) is 41.4. The lowest BCUT2D eigenvalue weighted by Gasteiger charge is -2.14. The summed E-state index contributed by atoms with van der Waals surface area (Å²) in [6.07, 6.45) is 4.55. The van der Waals surface area contributed by atoms with Crippen molar-refractivity contribution < 1.29 is 24.7 Å². The second kappa shape index (κ2) is 18.8. The summed E-state index contributed by atoms with van der Waals surface area (Å²) in [5.74, 6) is 0. The molecule has 0 amide bonds. The average Bonchev–Trinajstić information content (AvgIpc) is 3.26. The maximum atomic E-state index is 6.37. The highest BCUT2D eigenvalue weighted by Crippen LogP contribution is 2.35. The molecule has 306 valence electrons. The fourth-order valence-electron chi connectivity index (χ4n) is 9.09. The van der Waals surface area contributed by atoms with Crippen molar-refractivity contribution in [3.05, 3.63) is 133 Å². The molecule has 2 aromatic heterocycles. The van der Waals surface area contributed by atoms with Gasteiger partial charge < -0.3 is 38.5 Å². The molecule has 0 aliphatic heterocycles. The molecule has 60 heavy (non-hydrogen) atoms. The summed E-state index contributed by atoms with van der Waals surface area (Å²) < 4.78 is 4.93. The van der Waals surface area contributed by atoms with Crippen LogP contribution in [0.2, 0.25) is 0 Å². The number of nitrogens with two attached hydrogens (primary N) is 6. The third-order valence-corrected chi connectivity index (χ3v) is 12.0. The molecule has 0 aliphatic rings. The number of nitrogens with zero attached hydrogens (tertiary/aromatic N) is 2. The van der Waals surface area contributed by atoms with E-state index in [2.05, 4.69) is 136 Å². The van der Waals surface area contributed by atoms with Gasteiger partial charge in [0.2, 0.25) is 22.4 Å². The molecule has 0 bridgehead atoms. The molecule has 6 aromatic carbocycles. The Morgan fingerprint density at radius 1 is 0.417 bits per heavy atom. The van der Waals surface area contributed by atoms with Crippen LogP contribution >= 0.6 is 0 Å². The fourth-order valence-corrected chi connectivity index (χ4v) is 9.09. The Bertz CT molecular complexity index is 2550. The monoisotopic (exact) mass is 801 g/mol. The largest absolute Gasteiger partial charge is 0.399 e. The maximum Gasteiger partial charge on any atom is 0.220 e. The molecule has 0 spiro atoms. The molecule has 9 heteroatoms. The number of benzene rings is 6. The number of anilines is 4. The number of fused-ring (bicyclic) bond motifs is 6. The molecular formula is C51H62N9+5. The molecular weight excluding hydrogens is 739 g/mol. The average molecular weight is 801 g/mol. The van der Waals surface area contributed by atoms with Crippen LogP contribution in [0.5, 0.6) is 0 Å². The van der Waals surface area contributed by atoms with Gasteiger partial charge in [-0.05, 0) is 72.8 Å². The van der Waals surface area contributed by atoms with Gasteiger partial charge in [0, 0.05) is 69.6 Å². The highest BCUT2D eigenvalue weighted by atomic mass is 15.1. The molecule has 8 aromatic rings. The molecule has 9 nitrogen and oxygen atoms in total. The van der Waals surface area contributed by atoms with Crippen molar-refractivity contribution in [2.75, 3.05) is 69.3 Å². The van der Waals surface area contributed by atoms with Crippen molar-refractivity contribution in [1.29, 1.82) is 0 Å². The summed E-state index contributed by atoms with van der Waals surface area (Å²) in [5, 5.41) is 12.1. The van der Waals surface area contributed by atoms with E-state index >= 15 is 0 Å². The standard InChI is InChI=1S/C51H57N9/c1-58(28-8-24-56-26-10-30-59-48-34-40(54)18-22-44(48)42-20-16-38(52)32-46(42)50(59)36-12-4-2-5-13-36)29-9-25-57-27-11-31-60-49-35-41(55)19-23-45(49)43-21-17-39(53)33-47(43)51(60)37-14-6-3-7-15-37/h2-7,12-23,32-35,54-57H,8-11,24-31,52-53H2,1H3/p+5. The van der Waals surface area contributed by atoms with Gasteiger partial charge in [-0.25, -0.2) is 0 Å². The minimum Gasteiger partial charge on any atom is -0.399 e. The van der Waals surface area contributed by atoms with Crippen molar-refractivity contribution in [2.24, 2.45) is 0 Å². The summed E-state index contributed by atoms with van der Waals surface area (Å²) in [4.78, 5) is 1.61. The zero-order valence-electron chi connectivity index (χ0n) is 35.0. The van der Waals surface area contributed by atoms with Gasteiger partial charge in [-0.3, -0.25) is 0 Å². The van der Waals surface area contributed by atoms with Crippen LogP contribution in [0.1, 0.15) is 25.7 Å². The van der Waals surface area contributed by atoms with Crippen LogP contribution < -0.4 is 47.6 Å². The highest BCUT2D eigenvalue weighted by molar-refractivity contribution is 6.11. The van der Waals surface area contributed by atoms with E-state index in [1.165, 1.54) is 91.8 Å². The topological polar surface area (TPSA) is 150 Å². The summed E-state index contributed by atoms with van der Waals surface area (Å²) in [6.45, 7) is 8.65. The van der Waals surface area contributed by atoms with Gasteiger partial charge in [0.05, 0.1) is 80.7 Å². The first-order chi connectivity index (χ1) is 29.4. The summed E-state index contributed by atoms with van der Waals surface area (Å²) in [5.41, 5.74) is 35.7. The van der Waals surface area contributed by atoms with E-state index in [1.807, 2.05) is 24.3 Å². The Labute approximate surface area is 353 Å². The Hall–Kier alpha value is -6.26. The molecule has 0 unspecified atom stereocenters. The van der Waals surface area contributed by atoms with Gasteiger partial charge in [0.15, 0.2) is 13.1 Å². The number of quaternary nitrogens is 3.